The Bertz CT molecular complexity index is 888. The fraction of sp³-hybridized carbons (Fsp3) is 0.455. The second kappa shape index (κ2) is 7.96. The van der Waals surface area contributed by atoms with Crippen LogP contribution in [-0.2, 0) is 34.7 Å². The third kappa shape index (κ3) is 3.39. The molecule has 0 aliphatic carbocycles. The molecule has 0 amide bonds. The number of benzene rings is 2. The lowest BCUT2D eigenvalue weighted by Gasteiger charge is -2.46. The van der Waals surface area contributed by atoms with E-state index in [4.69, 9.17) is 26.8 Å². The van der Waals surface area contributed by atoms with Gasteiger partial charge in [0.1, 0.15) is 24.4 Å². The highest BCUT2D eigenvalue weighted by atomic mass is 35.5. The quantitative estimate of drug-likeness (QED) is 0.600. The molecule has 2 heterocycles. The van der Waals surface area contributed by atoms with Gasteiger partial charge in [-0.2, -0.15) is 0 Å². The molecule has 7 heteroatoms. The van der Waals surface area contributed by atoms with E-state index in [1.807, 2.05) is 0 Å². The Labute approximate surface area is 174 Å². The van der Waals surface area contributed by atoms with Gasteiger partial charge in [-0.25, -0.2) is 0 Å². The van der Waals surface area contributed by atoms with Crippen molar-refractivity contribution in [2.45, 2.75) is 56.6 Å². The first-order valence-electron chi connectivity index (χ1n) is 9.85. The van der Waals surface area contributed by atoms with Crippen LogP contribution in [0.1, 0.15) is 34.7 Å². The van der Waals surface area contributed by atoms with Gasteiger partial charge in [0.05, 0.1) is 6.61 Å². The predicted molar refractivity (Wildman–Crippen MR) is 108 cm³/mol. The van der Waals surface area contributed by atoms with E-state index >= 15 is 0 Å². The van der Waals surface area contributed by atoms with Gasteiger partial charge in [-0.15, -0.1) is 0 Å². The molecular weight excluding hydrogens is 394 g/mol. The molecule has 1 fully saturated rings. The van der Waals surface area contributed by atoms with Crippen molar-refractivity contribution < 1.29 is 24.8 Å². The number of fused-ring (bicyclic) bond motifs is 2. The van der Waals surface area contributed by atoms with Crippen LogP contribution in [0.5, 0.6) is 0 Å². The van der Waals surface area contributed by atoms with E-state index in [9.17, 15) is 15.3 Å². The van der Waals surface area contributed by atoms with Crippen molar-refractivity contribution in [3.05, 3.63) is 69.2 Å². The van der Waals surface area contributed by atoms with Crippen LogP contribution in [0.3, 0.4) is 0 Å². The smallest absolute Gasteiger partial charge is 0.225 e. The average Bonchev–Trinajstić information content (AvgIpc) is 3.11. The second-order valence-corrected chi connectivity index (χ2v) is 8.08. The van der Waals surface area contributed by atoms with Crippen LogP contribution in [-0.4, -0.2) is 46.3 Å². The number of aliphatic hydroxyl groups excluding tert-OH is 3. The van der Waals surface area contributed by atoms with E-state index in [0.29, 0.717) is 17.0 Å². The lowest BCUT2D eigenvalue weighted by Crippen LogP contribution is -2.64. The van der Waals surface area contributed by atoms with Gasteiger partial charge >= 0.3 is 0 Å². The molecular formula is C22H26ClNO5. The van der Waals surface area contributed by atoms with Crippen LogP contribution in [0.15, 0.2) is 36.4 Å². The summed E-state index contributed by atoms with van der Waals surface area (Å²) in [5.74, 6) is -1.58. The molecule has 0 radical (unpaired) electrons. The van der Waals surface area contributed by atoms with Crippen molar-refractivity contribution >= 4 is 11.6 Å². The van der Waals surface area contributed by atoms with Crippen LogP contribution in [0, 0.1) is 0 Å². The number of aliphatic hydroxyl groups is 3. The standard InChI is InChI=1S/C22H26ClNO5/c1-2-12-3-5-13(6-4-12)9-14-15-11-28-22(16(15)7-8-17(14)23)21(27)20(26)19(25)18(10-24)29-22/h3-8,18-21,25-27H,2,9-11,24H2,1H3/t18-,19-,20+,21-,22+/m1/s1. The molecule has 0 bridgehead atoms. The molecule has 2 aromatic carbocycles. The number of hydrogen-bond donors (Lipinski definition) is 4. The number of aryl methyl sites for hydroxylation is 1. The summed E-state index contributed by atoms with van der Waals surface area (Å²) < 4.78 is 11.9. The third-order valence-corrected chi connectivity index (χ3v) is 6.35. The monoisotopic (exact) mass is 419 g/mol. The molecule has 1 saturated heterocycles. The maximum Gasteiger partial charge on any atom is 0.225 e. The zero-order valence-corrected chi connectivity index (χ0v) is 17.0. The number of ether oxygens (including phenoxy) is 2. The van der Waals surface area contributed by atoms with Gasteiger partial charge < -0.3 is 30.5 Å². The van der Waals surface area contributed by atoms with Crippen LogP contribution in [0.2, 0.25) is 5.02 Å². The van der Waals surface area contributed by atoms with E-state index < -0.39 is 30.2 Å². The SMILES string of the molecule is CCc1ccc(Cc2c(Cl)ccc3c2CO[C@]32O[C@H](CN)[C@@H](O)[C@H](O)[C@H]2O)cc1. The summed E-state index contributed by atoms with van der Waals surface area (Å²) in [6.07, 6.45) is -3.47. The number of halogens is 1. The first-order chi connectivity index (χ1) is 13.9. The van der Waals surface area contributed by atoms with Crippen molar-refractivity contribution in [1.82, 2.24) is 0 Å². The molecule has 156 valence electrons. The van der Waals surface area contributed by atoms with Gasteiger partial charge in [-0.3, -0.25) is 0 Å². The van der Waals surface area contributed by atoms with E-state index in [0.717, 1.165) is 23.1 Å². The molecule has 1 spiro atoms. The van der Waals surface area contributed by atoms with E-state index in [1.165, 1.54) is 5.56 Å². The molecule has 4 rings (SSSR count). The molecule has 5 atom stereocenters. The highest BCUT2D eigenvalue weighted by Crippen LogP contribution is 2.47. The first-order valence-corrected chi connectivity index (χ1v) is 10.2. The highest BCUT2D eigenvalue weighted by Gasteiger charge is 2.58. The minimum absolute atomic E-state index is 0.0182. The topological polar surface area (TPSA) is 105 Å². The first kappa shape index (κ1) is 20.8. The summed E-state index contributed by atoms with van der Waals surface area (Å²) in [7, 11) is 0. The Balaban J connectivity index is 1.73. The Morgan fingerprint density at radius 3 is 2.41 bits per heavy atom. The summed E-state index contributed by atoms with van der Waals surface area (Å²) in [6.45, 7) is 2.27. The Morgan fingerprint density at radius 2 is 1.76 bits per heavy atom. The van der Waals surface area contributed by atoms with E-state index in [2.05, 4.69) is 31.2 Å². The summed E-state index contributed by atoms with van der Waals surface area (Å²) in [4.78, 5) is 0. The molecule has 0 aromatic heterocycles. The highest BCUT2D eigenvalue weighted by molar-refractivity contribution is 6.31. The van der Waals surface area contributed by atoms with Crippen LogP contribution in [0.25, 0.3) is 0 Å². The van der Waals surface area contributed by atoms with Gasteiger partial charge in [0, 0.05) is 17.1 Å². The van der Waals surface area contributed by atoms with Crippen LogP contribution >= 0.6 is 11.6 Å². The van der Waals surface area contributed by atoms with Crippen molar-refractivity contribution in [2.24, 2.45) is 5.73 Å². The van der Waals surface area contributed by atoms with Gasteiger partial charge in [-0.1, -0.05) is 48.9 Å². The lowest BCUT2D eigenvalue weighted by atomic mass is 9.85. The third-order valence-electron chi connectivity index (χ3n) is 5.99. The minimum atomic E-state index is -1.58. The molecule has 5 N–H and O–H groups in total. The molecule has 2 aromatic rings. The van der Waals surface area contributed by atoms with E-state index in [-0.39, 0.29) is 13.2 Å². The molecule has 0 saturated carbocycles. The summed E-state index contributed by atoms with van der Waals surface area (Å²) >= 11 is 6.52. The molecule has 6 nitrogen and oxygen atoms in total. The maximum absolute atomic E-state index is 10.7. The van der Waals surface area contributed by atoms with Crippen LogP contribution in [0.4, 0.5) is 0 Å². The maximum atomic E-state index is 10.7. The molecule has 2 aliphatic heterocycles. The van der Waals surface area contributed by atoms with Gasteiger partial charge in [0.25, 0.3) is 0 Å². The zero-order valence-electron chi connectivity index (χ0n) is 16.2. The Morgan fingerprint density at radius 1 is 1.07 bits per heavy atom. The predicted octanol–water partition coefficient (Wildman–Crippen LogP) is 1.62. The average molecular weight is 420 g/mol. The molecule has 0 unspecified atom stereocenters. The lowest BCUT2D eigenvalue weighted by molar-refractivity contribution is -0.363. The summed E-state index contributed by atoms with van der Waals surface area (Å²) in [6, 6.07) is 11.9. The van der Waals surface area contributed by atoms with E-state index in [1.54, 1.807) is 12.1 Å². The van der Waals surface area contributed by atoms with Crippen molar-refractivity contribution in [1.29, 1.82) is 0 Å². The number of nitrogens with two attached hydrogens (primary N) is 1. The molecule has 2 aliphatic rings. The fourth-order valence-corrected chi connectivity index (χ4v) is 4.47. The molecule has 29 heavy (non-hydrogen) atoms. The summed E-state index contributed by atoms with van der Waals surface area (Å²) in [5.41, 5.74) is 10.4. The normalized spacial score (nSPS) is 31.2. The number of hydrogen-bond acceptors (Lipinski definition) is 6. The van der Waals surface area contributed by atoms with Crippen molar-refractivity contribution in [3.63, 3.8) is 0 Å². The fourth-order valence-electron chi connectivity index (χ4n) is 4.23. The largest absolute Gasteiger partial charge is 0.388 e. The Hall–Kier alpha value is -1.51. The summed E-state index contributed by atoms with van der Waals surface area (Å²) in [5, 5.41) is 31.8. The van der Waals surface area contributed by atoms with Crippen molar-refractivity contribution in [2.75, 3.05) is 6.54 Å². The van der Waals surface area contributed by atoms with Gasteiger partial charge in [0.2, 0.25) is 5.79 Å². The number of rotatable bonds is 4. The zero-order chi connectivity index (χ0) is 20.8. The Kier molecular flexibility index (Phi) is 5.70. The minimum Gasteiger partial charge on any atom is -0.388 e. The van der Waals surface area contributed by atoms with Gasteiger partial charge in [-0.05, 0) is 41.2 Å². The second-order valence-electron chi connectivity index (χ2n) is 7.67. The van der Waals surface area contributed by atoms with Gasteiger partial charge in [0.15, 0.2) is 0 Å². The van der Waals surface area contributed by atoms with Crippen molar-refractivity contribution in [3.8, 4) is 0 Å². The van der Waals surface area contributed by atoms with Crippen LogP contribution < -0.4 is 5.73 Å².